The normalized spacial score (nSPS) is 10.5. The minimum Gasteiger partial charge on any atom is -0.497 e. The maximum atomic E-state index is 12.5. The van der Waals surface area contributed by atoms with Crippen molar-refractivity contribution in [1.82, 2.24) is 14.8 Å². The fourth-order valence-electron chi connectivity index (χ4n) is 2.92. The van der Waals surface area contributed by atoms with Crippen LogP contribution in [0.25, 0.3) is 0 Å². The van der Waals surface area contributed by atoms with Crippen molar-refractivity contribution < 1.29 is 19.0 Å². The number of amides is 1. The summed E-state index contributed by atoms with van der Waals surface area (Å²) in [6.45, 7) is 6.42. The third kappa shape index (κ3) is 6.43. The number of ether oxygens (including phenoxy) is 3. The molecule has 0 atom stereocenters. The molecule has 1 aromatic heterocycles. The lowest BCUT2D eigenvalue weighted by Gasteiger charge is -2.12. The molecule has 2 aromatic carbocycles. The van der Waals surface area contributed by atoms with E-state index >= 15 is 0 Å². The SMILES string of the molecule is C=CCn1c(COc2ccc(Cl)c(C)c2)nnc1SCC(=O)Nc1ccc(OC)cc1OC. The average molecular weight is 489 g/mol. The summed E-state index contributed by atoms with van der Waals surface area (Å²) < 4.78 is 18.2. The largest absolute Gasteiger partial charge is 0.497 e. The second-order valence-corrected chi connectivity index (χ2v) is 8.25. The molecule has 0 fully saturated rings. The molecule has 0 spiro atoms. The van der Waals surface area contributed by atoms with Crippen molar-refractivity contribution in [2.75, 3.05) is 25.3 Å². The lowest BCUT2D eigenvalue weighted by Crippen LogP contribution is -2.15. The van der Waals surface area contributed by atoms with Crippen LogP contribution in [-0.4, -0.2) is 40.6 Å². The number of methoxy groups -OCH3 is 2. The Labute approximate surface area is 201 Å². The van der Waals surface area contributed by atoms with Gasteiger partial charge in [-0.25, -0.2) is 0 Å². The number of benzene rings is 2. The Morgan fingerprint density at radius 2 is 1.97 bits per heavy atom. The van der Waals surface area contributed by atoms with Gasteiger partial charge < -0.3 is 19.5 Å². The van der Waals surface area contributed by atoms with E-state index in [4.69, 9.17) is 25.8 Å². The van der Waals surface area contributed by atoms with Crippen molar-refractivity contribution in [3.63, 3.8) is 0 Å². The second kappa shape index (κ2) is 11.6. The van der Waals surface area contributed by atoms with Gasteiger partial charge in [-0.3, -0.25) is 9.36 Å². The quantitative estimate of drug-likeness (QED) is 0.307. The zero-order valence-electron chi connectivity index (χ0n) is 18.6. The van der Waals surface area contributed by atoms with E-state index in [2.05, 4.69) is 22.1 Å². The van der Waals surface area contributed by atoms with E-state index in [1.54, 1.807) is 43.5 Å². The molecule has 1 N–H and O–H groups in total. The molecule has 3 aromatic rings. The first-order valence-electron chi connectivity index (χ1n) is 10.0. The topological polar surface area (TPSA) is 87.5 Å². The summed E-state index contributed by atoms with van der Waals surface area (Å²) in [6, 6.07) is 10.6. The van der Waals surface area contributed by atoms with Crippen LogP contribution in [0.15, 0.2) is 54.2 Å². The number of hydrogen-bond donors (Lipinski definition) is 1. The fraction of sp³-hybridized carbons (Fsp3) is 0.261. The van der Waals surface area contributed by atoms with Gasteiger partial charge >= 0.3 is 0 Å². The van der Waals surface area contributed by atoms with Crippen molar-refractivity contribution in [2.45, 2.75) is 25.2 Å². The predicted octanol–water partition coefficient (Wildman–Crippen LogP) is 4.75. The molecule has 0 aliphatic rings. The first-order valence-corrected chi connectivity index (χ1v) is 11.4. The van der Waals surface area contributed by atoms with Crippen LogP contribution in [0.5, 0.6) is 17.2 Å². The van der Waals surface area contributed by atoms with Gasteiger partial charge in [0, 0.05) is 17.6 Å². The molecular formula is C23H25ClN4O4S. The van der Waals surface area contributed by atoms with Crippen molar-refractivity contribution in [2.24, 2.45) is 0 Å². The third-order valence-corrected chi connectivity index (χ3v) is 6.01. The van der Waals surface area contributed by atoms with E-state index in [9.17, 15) is 4.79 Å². The molecule has 1 amide bonds. The molecule has 1 heterocycles. The highest BCUT2D eigenvalue weighted by Crippen LogP contribution is 2.29. The molecule has 174 valence electrons. The van der Waals surface area contributed by atoms with Gasteiger partial charge in [0.15, 0.2) is 11.0 Å². The number of allylic oxidation sites excluding steroid dienone is 1. The summed E-state index contributed by atoms with van der Waals surface area (Å²) in [7, 11) is 3.10. The van der Waals surface area contributed by atoms with Gasteiger partial charge in [-0.15, -0.1) is 16.8 Å². The summed E-state index contributed by atoms with van der Waals surface area (Å²) in [5, 5.41) is 12.6. The second-order valence-electron chi connectivity index (χ2n) is 6.90. The highest BCUT2D eigenvalue weighted by molar-refractivity contribution is 7.99. The van der Waals surface area contributed by atoms with Gasteiger partial charge in [-0.05, 0) is 42.8 Å². The molecule has 0 saturated carbocycles. The standard InChI is InChI=1S/C23H25ClN4O4S/c1-5-10-28-21(13-32-17-6-8-18(24)15(2)11-17)26-27-23(28)33-14-22(29)25-19-9-7-16(30-3)12-20(19)31-4/h5-9,11-12H,1,10,13-14H2,2-4H3,(H,25,29). The van der Waals surface area contributed by atoms with Crippen LogP contribution in [-0.2, 0) is 17.9 Å². The average Bonchev–Trinajstić information content (AvgIpc) is 3.20. The molecule has 33 heavy (non-hydrogen) atoms. The number of thioether (sulfide) groups is 1. The molecule has 0 radical (unpaired) electrons. The Morgan fingerprint density at radius 1 is 1.18 bits per heavy atom. The molecule has 0 unspecified atom stereocenters. The summed E-state index contributed by atoms with van der Waals surface area (Å²) >= 11 is 7.34. The summed E-state index contributed by atoms with van der Waals surface area (Å²) in [5.74, 6) is 2.40. The number of carbonyl (C=O) groups is 1. The van der Waals surface area contributed by atoms with Gasteiger partial charge in [0.2, 0.25) is 5.91 Å². The maximum absolute atomic E-state index is 12.5. The van der Waals surface area contributed by atoms with E-state index in [0.717, 1.165) is 5.56 Å². The number of halogens is 1. The molecule has 10 heteroatoms. The number of nitrogens with zero attached hydrogens (tertiary/aromatic N) is 3. The Bertz CT molecular complexity index is 1140. The van der Waals surface area contributed by atoms with Crippen LogP contribution in [0.1, 0.15) is 11.4 Å². The lowest BCUT2D eigenvalue weighted by atomic mass is 10.2. The Hall–Kier alpha value is -3.17. The molecule has 0 saturated heterocycles. The summed E-state index contributed by atoms with van der Waals surface area (Å²) in [4.78, 5) is 12.5. The van der Waals surface area contributed by atoms with Crippen LogP contribution < -0.4 is 19.5 Å². The Morgan fingerprint density at radius 3 is 2.67 bits per heavy atom. The minimum atomic E-state index is -0.203. The van der Waals surface area contributed by atoms with Crippen molar-refractivity contribution >= 4 is 35.0 Å². The molecular weight excluding hydrogens is 464 g/mol. The van der Waals surface area contributed by atoms with E-state index in [1.165, 1.54) is 18.9 Å². The van der Waals surface area contributed by atoms with Crippen LogP contribution in [0.4, 0.5) is 5.69 Å². The molecule has 0 aliphatic heterocycles. The van der Waals surface area contributed by atoms with Crippen molar-refractivity contribution in [1.29, 1.82) is 0 Å². The van der Waals surface area contributed by atoms with Crippen LogP contribution in [0.2, 0.25) is 5.02 Å². The van der Waals surface area contributed by atoms with Gasteiger partial charge in [-0.1, -0.05) is 29.4 Å². The molecule has 8 nitrogen and oxygen atoms in total. The number of hydrogen-bond acceptors (Lipinski definition) is 7. The Balaban J connectivity index is 1.63. The monoisotopic (exact) mass is 488 g/mol. The van der Waals surface area contributed by atoms with E-state index in [0.29, 0.717) is 45.5 Å². The van der Waals surface area contributed by atoms with E-state index in [1.807, 2.05) is 17.6 Å². The van der Waals surface area contributed by atoms with Crippen LogP contribution in [0.3, 0.4) is 0 Å². The molecule has 0 bridgehead atoms. The van der Waals surface area contributed by atoms with E-state index in [-0.39, 0.29) is 18.3 Å². The zero-order chi connectivity index (χ0) is 23.8. The molecule has 0 aliphatic carbocycles. The predicted molar refractivity (Wildman–Crippen MR) is 130 cm³/mol. The fourth-order valence-corrected chi connectivity index (χ4v) is 3.80. The first-order chi connectivity index (χ1) is 15.9. The Kier molecular flexibility index (Phi) is 8.62. The van der Waals surface area contributed by atoms with Crippen LogP contribution in [0, 0.1) is 6.92 Å². The van der Waals surface area contributed by atoms with Gasteiger partial charge in [0.25, 0.3) is 0 Å². The van der Waals surface area contributed by atoms with Crippen molar-refractivity contribution in [3.8, 4) is 17.2 Å². The summed E-state index contributed by atoms with van der Waals surface area (Å²) in [6.07, 6.45) is 1.74. The molecule has 3 rings (SSSR count). The number of carbonyl (C=O) groups excluding carboxylic acids is 1. The highest BCUT2D eigenvalue weighted by atomic mass is 35.5. The first kappa shape index (κ1) is 24.5. The maximum Gasteiger partial charge on any atom is 0.234 e. The van der Waals surface area contributed by atoms with Gasteiger partial charge in [-0.2, -0.15) is 0 Å². The zero-order valence-corrected chi connectivity index (χ0v) is 20.2. The number of aryl methyl sites for hydroxylation is 1. The lowest BCUT2D eigenvalue weighted by molar-refractivity contribution is -0.113. The van der Waals surface area contributed by atoms with Gasteiger partial charge in [0.1, 0.15) is 23.9 Å². The third-order valence-electron chi connectivity index (χ3n) is 4.62. The van der Waals surface area contributed by atoms with Crippen molar-refractivity contribution in [3.05, 3.63) is 65.5 Å². The van der Waals surface area contributed by atoms with Crippen LogP contribution >= 0.6 is 23.4 Å². The highest BCUT2D eigenvalue weighted by Gasteiger charge is 2.15. The van der Waals surface area contributed by atoms with Gasteiger partial charge in [0.05, 0.1) is 25.7 Å². The minimum absolute atomic E-state index is 0.141. The number of rotatable bonds is 11. The number of anilines is 1. The van der Waals surface area contributed by atoms with E-state index < -0.39 is 0 Å². The number of nitrogens with one attached hydrogen (secondary N) is 1. The smallest absolute Gasteiger partial charge is 0.234 e. The number of aromatic nitrogens is 3. The summed E-state index contributed by atoms with van der Waals surface area (Å²) in [5.41, 5.74) is 1.49.